The van der Waals surface area contributed by atoms with Crippen LogP contribution < -0.4 is 0 Å². The predicted molar refractivity (Wildman–Crippen MR) is 108 cm³/mol. The van der Waals surface area contributed by atoms with Crippen molar-refractivity contribution >= 4 is 11.9 Å². The molecule has 0 aromatic heterocycles. The number of unbranched alkanes of at least 4 members (excludes halogenated alkanes) is 10. The zero-order valence-corrected chi connectivity index (χ0v) is 17.0. The fourth-order valence-electron chi connectivity index (χ4n) is 2.51. The van der Waals surface area contributed by atoms with Crippen LogP contribution in [0, 0.1) is 0 Å². The molecule has 0 saturated carbocycles. The van der Waals surface area contributed by atoms with Gasteiger partial charge in [0.1, 0.15) is 13.2 Å². The Balaban J connectivity index is 3.50. The minimum absolute atomic E-state index is 0.0704. The van der Waals surface area contributed by atoms with Crippen LogP contribution in [0.25, 0.3) is 0 Å². The highest BCUT2D eigenvalue weighted by molar-refractivity contribution is 5.82. The number of esters is 2. The van der Waals surface area contributed by atoms with Gasteiger partial charge in [-0.1, -0.05) is 64.0 Å². The molecule has 0 saturated heterocycles. The quantitative estimate of drug-likeness (QED) is 0.208. The van der Waals surface area contributed by atoms with Crippen molar-refractivity contribution in [3.8, 4) is 0 Å². The highest BCUT2D eigenvalue weighted by atomic mass is 16.6. The van der Waals surface area contributed by atoms with Gasteiger partial charge in [-0.05, 0) is 32.1 Å². The van der Waals surface area contributed by atoms with Crippen molar-refractivity contribution in [3.05, 3.63) is 24.3 Å². The molecule has 27 heavy (non-hydrogen) atoms. The fraction of sp³-hybridized carbons (Fsp3) is 0.727. The summed E-state index contributed by atoms with van der Waals surface area (Å²) >= 11 is 0. The average Bonchev–Trinajstić information content (AvgIpc) is 2.66. The third kappa shape index (κ3) is 20.5. The Bertz CT molecular complexity index is 415. The Hall–Kier alpha value is -1.62. The van der Waals surface area contributed by atoms with E-state index >= 15 is 0 Å². The number of carbonyl (C=O) groups is 2. The van der Waals surface area contributed by atoms with E-state index in [4.69, 9.17) is 14.6 Å². The first-order chi connectivity index (χ1) is 13.2. The summed E-state index contributed by atoms with van der Waals surface area (Å²) in [6, 6.07) is 0. The fourth-order valence-corrected chi connectivity index (χ4v) is 2.51. The van der Waals surface area contributed by atoms with E-state index in [0.29, 0.717) is 0 Å². The van der Waals surface area contributed by atoms with Gasteiger partial charge >= 0.3 is 11.9 Å². The summed E-state index contributed by atoms with van der Waals surface area (Å²) in [6.45, 7) is 2.59. The van der Waals surface area contributed by atoms with E-state index in [9.17, 15) is 9.59 Å². The minimum atomic E-state index is -0.408. The molecule has 0 amide bonds. The molecule has 0 fully saturated rings. The van der Waals surface area contributed by atoms with Crippen molar-refractivity contribution in [2.24, 2.45) is 0 Å². The maximum Gasteiger partial charge on any atom is 0.330 e. The maximum absolute atomic E-state index is 11.5. The predicted octanol–water partition coefficient (Wildman–Crippen LogP) is 4.88. The highest BCUT2D eigenvalue weighted by Gasteiger charge is 2.00. The summed E-state index contributed by atoms with van der Waals surface area (Å²) in [5.74, 6) is -0.801. The van der Waals surface area contributed by atoms with Crippen LogP contribution in [0.5, 0.6) is 0 Å². The van der Waals surface area contributed by atoms with Gasteiger partial charge in [-0.15, -0.1) is 0 Å². The summed E-state index contributed by atoms with van der Waals surface area (Å²) < 4.78 is 9.96. The lowest BCUT2D eigenvalue weighted by Crippen LogP contribution is -2.11. The summed E-state index contributed by atoms with van der Waals surface area (Å²) in [7, 11) is 0. The molecule has 0 atom stereocenters. The van der Waals surface area contributed by atoms with E-state index in [1.165, 1.54) is 37.8 Å². The van der Waals surface area contributed by atoms with Gasteiger partial charge in [0.25, 0.3) is 0 Å². The molecular formula is C22H38O5. The van der Waals surface area contributed by atoms with Gasteiger partial charge < -0.3 is 14.6 Å². The molecule has 0 aromatic rings. The molecule has 0 bridgehead atoms. The van der Waals surface area contributed by atoms with Crippen LogP contribution in [0.4, 0.5) is 0 Å². The number of aliphatic hydroxyl groups is 1. The molecule has 1 N–H and O–H groups in total. The van der Waals surface area contributed by atoms with E-state index in [-0.39, 0.29) is 19.8 Å². The average molecular weight is 383 g/mol. The van der Waals surface area contributed by atoms with Crippen molar-refractivity contribution < 1.29 is 24.2 Å². The molecule has 0 rings (SSSR count). The lowest BCUT2D eigenvalue weighted by molar-refractivity contribution is -0.146. The van der Waals surface area contributed by atoms with Crippen molar-refractivity contribution in [2.75, 3.05) is 19.8 Å². The highest BCUT2D eigenvalue weighted by Crippen LogP contribution is 2.06. The van der Waals surface area contributed by atoms with Crippen molar-refractivity contribution in [1.29, 1.82) is 0 Å². The largest absolute Gasteiger partial charge is 0.459 e. The lowest BCUT2D eigenvalue weighted by Gasteiger charge is -2.03. The van der Waals surface area contributed by atoms with E-state index in [2.05, 4.69) is 6.92 Å². The molecule has 156 valence electrons. The number of ether oxygens (including phenoxy) is 2. The molecule has 0 aliphatic heterocycles. The topological polar surface area (TPSA) is 72.8 Å². The standard InChI is InChI=1S/C22H38O5/c1-2-3-4-5-7-10-13-16-21(24)26-19-20-27-22(25)17-14-11-8-6-9-12-15-18-23/h13-14,16-17,23H,2-12,15,18-20H2,1H3/b16-13+,17-14+. The molecule has 0 spiro atoms. The number of rotatable bonds is 18. The van der Waals surface area contributed by atoms with Gasteiger partial charge in [0.2, 0.25) is 0 Å². The third-order valence-corrected chi connectivity index (χ3v) is 4.08. The molecule has 5 heteroatoms. The van der Waals surface area contributed by atoms with Crippen LogP contribution in [0.15, 0.2) is 24.3 Å². The molecule has 0 aliphatic carbocycles. The Morgan fingerprint density at radius 3 is 1.63 bits per heavy atom. The molecule has 0 unspecified atom stereocenters. The molecule has 0 aliphatic rings. The van der Waals surface area contributed by atoms with Crippen LogP contribution in [0.1, 0.15) is 84.0 Å². The van der Waals surface area contributed by atoms with Crippen LogP contribution in [0.3, 0.4) is 0 Å². The summed E-state index contributed by atoms with van der Waals surface area (Å²) in [4.78, 5) is 23.0. The van der Waals surface area contributed by atoms with Gasteiger partial charge in [-0.3, -0.25) is 0 Å². The van der Waals surface area contributed by atoms with E-state index in [0.717, 1.165) is 51.4 Å². The normalized spacial score (nSPS) is 11.3. The van der Waals surface area contributed by atoms with E-state index < -0.39 is 11.9 Å². The second-order valence-corrected chi connectivity index (χ2v) is 6.62. The van der Waals surface area contributed by atoms with Gasteiger partial charge in [-0.25, -0.2) is 9.59 Å². The summed E-state index contributed by atoms with van der Waals surface area (Å²) in [5.41, 5.74) is 0. The van der Waals surface area contributed by atoms with Crippen LogP contribution in [-0.2, 0) is 19.1 Å². The van der Waals surface area contributed by atoms with Gasteiger partial charge in [-0.2, -0.15) is 0 Å². The Morgan fingerprint density at radius 2 is 1.15 bits per heavy atom. The van der Waals surface area contributed by atoms with Gasteiger partial charge in [0.05, 0.1) is 0 Å². The Kier molecular flexibility index (Phi) is 19.4. The minimum Gasteiger partial charge on any atom is -0.459 e. The monoisotopic (exact) mass is 382 g/mol. The number of hydrogen-bond acceptors (Lipinski definition) is 5. The first-order valence-corrected chi connectivity index (χ1v) is 10.5. The van der Waals surface area contributed by atoms with Crippen LogP contribution in [-0.4, -0.2) is 36.9 Å². The smallest absolute Gasteiger partial charge is 0.330 e. The van der Waals surface area contributed by atoms with E-state index in [1.54, 1.807) is 0 Å². The number of carbonyl (C=O) groups excluding carboxylic acids is 2. The number of hydrogen-bond donors (Lipinski definition) is 1. The molecular weight excluding hydrogens is 344 g/mol. The van der Waals surface area contributed by atoms with Crippen LogP contribution in [0.2, 0.25) is 0 Å². The molecule has 0 aromatic carbocycles. The summed E-state index contributed by atoms with van der Waals surface area (Å²) in [5, 5.41) is 8.68. The second kappa shape index (κ2) is 20.7. The van der Waals surface area contributed by atoms with Crippen LogP contribution >= 0.6 is 0 Å². The Labute approximate surface area is 164 Å². The molecule has 0 heterocycles. The molecule has 5 nitrogen and oxygen atoms in total. The third-order valence-electron chi connectivity index (χ3n) is 4.08. The molecule has 0 radical (unpaired) electrons. The van der Waals surface area contributed by atoms with Gasteiger partial charge in [0, 0.05) is 18.8 Å². The zero-order chi connectivity index (χ0) is 20.0. The first-order valence-electron chi connectivity index (χ1n) is 10.5. The SMILES string of the molecule is CCCCCCC/C=C/C(=O)OCCOC(=O)/C=C/CCCCCCCO. The van der Waals surface area contributed by atoms with Crippen molar-refractivity contribution in [3.63, 3.8) is 0 Å². The Morgan fingerprint density at radius 1 is 0.704 bits per heavy atom. The van der Waals surface area contributed by atoms with Gasteiger partial charge in [0.15, 0.2) is 0 Å². The van der Waals surface area contributed by atoms with E-state index in [1.807, 2.05) is 12.2 Å². The van der Waals surface area contributed by atoms with Crippen molar-refractivity contribution in [1.82, 2.24) is 0 Å². The first kappa shape index (κ1) is 25.4. The zero-order valence-electron chi connectivity index (χ0n) is 17.0. The van der Waals surface area contributed by atoms with Crippen molar-refractivity contribution in [2.45, 2.75) is 84.0 Å². The summed E-state index contributed by atoms with van der Waals surface area (Å²) in [6.07, 6.45) is 19.4. The number of allylic oxidation sites excluding steroid dienone is 2. The lowest BCUT2D eigenvalue weighted by atomic mass is 10.1. The maximum atomic E-state index is 11.5. The second-order valence-electron chi connectivity index (χ2n) is 6.62. The number of aliphatic hydroxyl groups excluding tert-OH is 1.